The van der Waals surface area contributed by atoms with Crippen molar-refractivity contribution in [1.29, 1.82) is 10.5 Å². The quantitative estimate of drug-likeness (QED) is 0.806. The van der Waals surface area contributed by atoms with Crippen molar-refractivity contribution in [3.05, 3.63) is 40.1 Å². The fourth-order valence-corrected chi connectivity index (χ4v) is 2.14. The number of imidazole rings is 1. The smallest absolute Gasteiger partial charge is 0.176 e. The zero-order valence-electron chi connectivity index (χ0n) is 8.42. The van der Waals surface area contributed by atoms with Gasteiger partial charge in [0, 0.05) is 6.54 Å². The summed E-state index contributed by atoms with van der Waals surface area (Å²) in [4.78, 5) is 3.89. The monoisotopic (exact) mass is 228 g/mol. The van der Waals surface area contributed by atoms with Gasteiger partial charge in [-0.05, 0) is 28.8 Å². The van der Waals surface area contributed by atoms with Gasteiger partial charge in [0.15, 0.2) is 11.4 Å². The van der Waals surface area contributed by atoms with E-state index in [-0.39, 0.29) is 5.69 Å². The number of nitrogens with zero attached hydrogens (tertiary/aromatic N) is 4. The van der Waals surface area contributed by atoms with Gasteiger partial charge >= 0.3 is 0 Å². The summed E-state index contributed by atoms with van der Waals surface area (Å²) in [5.41, 5.74) is 1.78. The second-order valence-electron chi connectivity index (χ2n) is 3.24. The Kier molecular flexibility index (Phi) is 3.00. The first-order chi connectivity index (χ1) is 7.85. The van der Waals surface area contributed by atoms with Crippen LogP contribution in [0.5, 0.6) is 0 Å². The Morgan fingerprint density at radius 2 is 2.25 bits per heavy atom. The minimum absolute atomic E-state index is 0.202. The molecular weight excluding hydrogens is 220 g/mol. The molecule has 0 atom stereocenters. The summed E-state index contributed by atoms with van der Waals surface area (Å²) < 4.78 is 1.72. The van der Waals surface area contributed by atoms with Gasteiger partial charge in [-0.1, -0.05) is 0 Å². The van der Waals surface area contributed by atoms with Crippen LogP contribution in [0.4, 0.5) is 0 Å². The number of aryl methyl sites for hydroxylation is 2. The van der Waals surface area contributed by atoms with Gasteiger partial charge in [0.25, 0.3) is 0 Å². The lowest BCUT2D eigenvalue weighted by Gasteiger charge is -2.01. The zero-order chi connectivity index (χ0) is 11.4. The molecule has 0 saturated heterocycles. The second kappa shape index (κ2) is 4.61. The molecule has 0 fully saturated rings. The lowest BCUT2D eigenvalue weighted by atomic mass is 10.2. The predicted octanol–water partition coefficient (Wildman–Crippen LogP) is 1.93. The molecule has 0 aliphatic rings. The number of hydrogen-bond acceptors (Lipinski definition) is 4. The average Bonchev–Trinajstić information content (AvgIpc) is 2.94. The van der Waals surface area contributed by atoms with Crippen LogP contribution in [0.2, 0.25) is 0 Å². The van der Waals surface area contributed by atoms with E-state index in [1.54, 1.807) is 22.2 Å². The molecule has 0 aromatic carbocycles. The largest absolute Gasteiger partial charge is 0.321 e. The van der Waals surface area contributed by atoms with Crippen molar-refractivity contribution in [2.24, 2.45) is 0 Å². The summed E-state index contributed by atoms with van der Waals surface area (Å²) in [7, 11) is 0. The molecule has 0 radical (unpaired) electrons. The van der Waals surface area contributed by atoms with Crippen molar-refractivity contribution >= 4 is 11.3 Å². The fourth-order valence-electron chi connectivity index (χ4n) is 1.44. The van der Waals surface area contributed by atoms with Crippen molar-refractivity contribution in [3.8, 4) is 12.1 Å². The van der Waals surface area contributed by atoms with E-state index in [4.69, 9.17) is 10.5 Å². The Morgan fingerprint density at radius 1 is 1.38 bits per heavy atom. The van der Waals surface area contributed by atoms with Gasteiger partial charge in [0.2, 0.25) is 0 Å². The molecular formula is C11H8N4S. The van der Waals surface area contributed by atoms with Gasteiger partial charge in [0.05, 0.1) is 6.33 Å². The van der Waals surface area contributed by atoms with Crippen molar-refractivity contribution < 1.29 is 0 Å². The van der Waals surface area contributed by atoms with Crippen LogP contribution in [0, 0.1) is 22.7 Å². The zero-order valence-corrected chi connectivity index (χ0v) is 9.24. The molecule has 2 aromatic heterocycles. The summed E-state index contributed by atoms with van der Waals surface area (Å²) >= 11 is 1.65. The van der Waals surface area contributed by atoms with Crippen LogP contribution in [0.15, 0.2) is 23.2 Å². The molecule has 2 rings (SSSR count). The van der Waals surface area contributed by atoms with E-state index in [9.17, 15) is 0 Å². The molecule has 2 aromatic rings. The Labute approximate surface area is 97.0 Å². The minimum Gasteiger partial charge on any atom is -0.321 e. The van der Waals surface area contributed by atoms with E-state index in [0.717, 1.165) is 6.42 Å². The van der Waals surface area contributed by atoms with Crippen LogP contribution in [-0.2, 0) is 13.0 Å². The SMILES string of the molecule is N#Cc1ncn(CCc2ccsc2)c1C#N. The van der Waals surface area contributed by atoms with Crippen LogP contribution in [0.25, 0.3) is 0 Å². The number of thiophene rings is 1. The molecule has 0 N–H and O–H groups in total. The average molecular weight is 228 g/mol. The van der Waals surface area contributed by atoms with Gasteiger partial charge < -0.3 is 4.57 Å². The molecule has 4 nitrogen and oxygen atoms in total. The van der Waals surface area contributed by atoms with Crippen LogP contribution in [0.1, 0.15) is 17.0 Å². The topological polar surface area (TPSA) is 65.4 Å². The van der Waals surface area contributed by atoms with Gasteiger partial charge in [-0.25, -0.2) is 4.98 Å². The maximum absolute atomic E-state index is 8.92. The number of aromatic nitrogens is 2. The van der Waals surface area contributed by atoms with Gasteiger partial charge in [-0.2, -0.15) is 21.9 Å². The molecule has 0 aliphatic heterocycles. The third-order valence-electron chi connectivity index (χ3n) is 2.27. The van der Waals surface area contributed by atoms with Gasteiger partial charge in [0.1, 0.15) is 12.1 Å². The van der Waals surface area contributed by atoms with Crippen molar-refractivity contribution in [2.45, 2.75) is 13.0 Å². The second-order valence-corrected chi connectivity index (χ2v) is 4.02. The van der Waals surface area contributed by atoms with Gasteiger partial charge in [-0.15, -0.1) is 0 Å². The highest BCUT2D eigenvalue weighted by Crippen LogP contribution is 2.10. The fraction of sp³-hybridized carbons (Fsp3) is 0.182. The highest BCUT2D eigenvalue weighted by molar-refractivity contribution is 7.07. The van der Waals surface area contributed by atoms with Crippen molar-refractivity contribution in [2.75, 3.05) is 0 Å². The third-order valence-corrected chi connectivity index (χ3v) is 3.00. The molecule has 0 unspecified atom stereocenters. The maximum Gasteiger partial charge on any atom is 0.176 e. The molecule has 0 saturated carbocycles. The van der Waals surface area contributed by atoms with Crippen LogP contribution >= 0.6 is 11.3 Å². The first-order valence-corrected chi connectivity index (χ1v) is 5.66. The maximum atomic E-state index is 8.92. The standard InChI is InChI=1S/C11H8N4S/c12-5-10-11(6-13)15(8-14-10)3-1-9-2-4-16-7-9/h2,4,7-8H,1,3H2. The lowest BCUT2D eigenvalue weighted by molar-refractivity contribution is 0.689. The number of nitriles is 2. The first kappa shape index (κ1) is 10.4. The summed E-state index contributed by atoms with van der Waals surface area (Å²) in [6.07, 6.45) is 2.39. The molecule has 0 aliphatic carbocycles. The van der Waals surface area contributed by atoms with Gasteiger partial charge in [-0.3, -0.25) is 0 Å². The highest BCUT2D eigenvalue weighted by atomic mass is 32.1. The highest BCUT2D eigenvalue weighted by Gasteiger charge is 2.09. The predicted molar refractivity (Wildman–Crippen MR) is 59.7 cm³/mol. The Morgan fingerprint density at radius 3 is 2.88 bits per heavy atom. The molecule has 2 heterocycles. The van der Waals surface area contributed by atoms with E-state index in [2.05, 4.69) is 16.4 Å². The molecule has 5 heteroatoms. The molecule has 78 valence electrons. The van der Waals surface area contributed by atoms with Crippen LogP contribution in [-0.4, -0.2) is 9.55 Å². The third kappa shape index (κ3) is 1.95. The van der Waals surface area contributed by atoms with E-state index < -0.39 is 0 Å². The summed E-state index contributed by atoms with van der Waals surface area (Å²) in [6, 6.07) is 5.97. The lowest BCUT2D eigenvalue weighted by Crippen LogP contribution is -2.02. The Hall–Kier alpha value is -2.11. The summed E-state index contributed by atoms with van der Waals surface area (Å²) in [5.74, 6) is 0. The van der Waals surface area contributed by atoms with E-state index in [1.807, 2.05) is 17.5 Å². The normalized spacial score (nSPS) is 9.62. The molecule has 16 heavy (non-hydrogen) atoms. The van der Waals surface area contributed by atoms with E-state index in [1.165, 1.54) is 5.56 Å². The van der Waals surface area contributed by atoms with Crippen molar-refractivity contribution in [1.82, 2.24) is 9.55 Å². The molecule has 0 amide bonds. The Balaban J connectivity index is 2.14. The van der Waals surface area contributed by atoms with Crippen LogP contribution < -0.4 is 0 Å². The Bertz CT molecular complexity index is 554. The van der Waals surface area contributed by atoms with Crippen LogP contribution in [0.3, 0.4) is 0 Å². The number of hydrogen-bond donors (Lipinski definition) is 0. The van der Waals surface area contributed by atoms with Crippen molar-refractivity contribution in [3.63, 3.8) is 0 Å². The minimum atomic E-state index is 0.202. The van der Waals surface area contributed by atoms with E-state index >= 15 is 0 Å². The summed E-state index contributed by atoms with van der Waals surface area (Å²) in [5, 5.41) is 21.8. The summed E-state index contributed by atoms with van der Waals surface area (Å²) in [6.45, 7) is 0.675. The molecule has 0 spiro atoms. The van der Waals surface area contributed by atoms with E-state index in [0.29, 0.717) is 12.2 Å². The first-order valence-electron chi connectivity index (χ1n) is 4.71. The number of rotatable bonds is 3. The molecule has 0 bridgehead atoms.